The summed E-state index contributed by atoms with van der Waals surface area (Å²) in [6, 6.07) is 9.51. The average Bonchev–Trinajstić information content (AvgIpc) is 3.00. The van der Waals surface area contributed by atoms with E-state index in [-0.39, 0.29) is 24.4 Å². The summed E-state index contributed by atoms with van der Waals surface area (Å²) < 4.78 is 5.92. The zero-order chi connectivity index (χ0) is 16.8. The van der Waals surface area contributed by atoms with Gasteiger partial charge in [-0.15, -0.1) is 12.4 Å². The Morgan fingerprint density at radius 2 is 2.20 bits per heavy atom. The van der Waals surface area contributed by atoms with Crippen molar-refractivity contribution in [3.05, 3.63) is 58.9 Å². The molecule has 0 spiro atoms. The molecule has 0 radical (unpaired) electrons. The molecule has 1 fully saturated rings. The van der Waals surface area contributed by atoms with Crippen molar-refractivity contribution < 1.29 is 9.84 Å². The van der Waals surface area contributed by atoms with Crippen LogP contribution in [0.3, 0.4) is 0 Å². The summed E-state index contributed by atoms with van der Waals surface area (Å²) in [5.41, 5.74) is 2.03. The number of nitrogens with zero attached hydrogens (tertiary/aromatic N) is 1. The number of nitrogens with one attached hydrogen (secondary N) is 2. The van der Waals surface area contributed by atoms with Gasteiger partial charge in [-0.05, 0) is 24.3 Å². The standard InChI is InChI=1S/C18H22ClN3O2.ClH/c19-16-3-4-18(24-12-13-2-1-5-20-7-13)14(6-16)8-21-9-15-10-22-11-17(15)23;/h1-7,15,17,21-23H,8-12H2;1H. The first-order chi connectivity index (χ1) is 11.7. The lowest BCUT2D eigenvalue weighted by Gasteiger charge is -2.16. The largest absolute Gasteiger partial charge is 0.489 e. The van der Waals surface area contributed by atoms with Crippen LogP contribution in [-0.2, 0) is 13.2 Å². The number of β-amino-alcohol motifs (C(OH)–C–C–N with tert-alkyl or cyclic N) is 1. The summed E-state index contributed by atoms with van der Waals surface area (Å²) in [6.07, 6.45) is 3.26. The lowest BCUT2D eigenvalue weighted by Crippen LogP contribution is -2.30. The highest BCUT2D eigenvalue weighted by Gasteiger charge is 2.24. The summed E-state index contributed by atoms with van der Waals surface area (Å²) >= 11 is 6.12. The van der Waals surface area contributed by atoms with Crippen LogP contribution in [0.2, 0.25) is 5.02 Å². The third-order valence-electron chi connectivity index (χ3n) is 4.17. The Morgan fingerprint density at radius 1 is 1.32 bits per heavy atom. The van der Waals surface area contributed by atoms with Gasteiger partial charge in [0, 0.05) is 60.6 Å². The van der Waals surface area contributed by atoms with Gasteiger partial charge in [-0.2, -0.15) is 0 Å². The first-order valence-corrected chi connectivity index (χ1v) is 8.50. The zero-order valence-electron chi connectivity index (χ0n) is 13.8. The number of aliphatic hydroxyl groups is 1. The van der Waals surface area contributed by atoms with Crippen LogP contribution in [0.1, 0.15) is 11.1 Å². The van der Waals surface area contributed by atoms with Gasteiger partial charge in [-0.25, -0.2) is 0 Å². The highest BCUT2D eigenvalue weighted by Crippen LogP contribution is 2.24. The number of pyridine rings is 1. The molecule has 136 valence electrons. The molecule has 5 nitrogen and oxygen atoms in total. The molecule has 2 unspecified atom stereocenters. The van der Waals surface area contributed by atoms with Gasteiger partial charge < -0.3 is 20.5 Å². The fourth-order valence-corrected chi connectivity index (χ4v) is 2.99. The molecule has 1 aromatic carbocycles. The van der Waals surface area contributed by atoms with Crippen molar-refractivity contribution in [1.82, 2.24) is 15.6 Å². The maximum Gasteiger partial charge on any atom is 0.124 e. The molecule has 0 amide bonds. The molecule has 3 N–H and O–H groups in total. The summed E-state index contributed by atoms with van der Waals surface area (Å²) in [6.45, 7) is 3.37. The average molecular weight is 384 g/mol. The van der Waals surface area contributed by atoms with Gasteiger partial charge in [0.1, 0.15) is 12.4 Å². The molecule has 2 heterocycles. The lowest BCUT2D eigenvalue weighted by molar-refractivity contribution is 0.146. The van der Waals surface area contributed by atoms with Crippen LogP contribution in [0.5, 0.6) is 5.75 Å². The first-order valence-electron chi connectivity index (χ1n) is 8.12. The number of rotatable bonds is 7. The van der Waals surface area contributed by atoms with Crippen molar-refractivity contribution in [3.8, 4) is 5.75 Å². The molecule has 2 atom stereocenters. The predicted octanol–water partition coefficient (Wildman–Crippen LogP) is 2.41. The van der Waals surface area contributed by atoms with E-state index in [9.17, 15) is 5.11 Å². The van der Waals surface area contributed by atoms with Crippen LogP contribution in [0.25, 0.3) is 0 Å². The minimum atomic E-state index is -0.279. The van der Waals surface area contributed by atoms with E-state index in [0.717, 1.165) is 30.0 Å². The Kier molecular flexibility index (Phi) is 7.93. The fourth-order valence-electron chi connectivity index (χ4n) is 2.79. The van der Waals surface area contributed by atoms with Gasteiger partial charge in [-0.1, -0.05) is 17.7 Å². The maximum absolute atomic E-state index is 9.84. The Balaban J connectivity index is 0.00000225. The molecular formula is C18H23Cl2N3O2. The van der Waals surface area contributed by atoms with E-state index in [1.165, 1.54) is 0 Å². The van der Waals surface area contributed by atoms with Crippen LogP contribution < -0.4 is 15.4 Å². The van der Waals surface area contributed by atoms with E-state index in [0.29, 0.717) is 24.7 Å². The molecule has 0 bridgehead atoms. The highest BCUT2D eigenvalue weighted by molar-refractivity contribution is 6.30. The number of hydrogen-bond donors (Lipinski definition) is 3. The molecule has 1 aromatic heterocycles. The molecular weight excluding hydrogens is 361 g/mol. The second kappa shape index (κ2) is 9.94. The van der Waals surface area contributed by atoms with Gasteiger partial charge in [0.05, 0.1) is 6.10 Å². The quantitative estimate of drug-likeness (QED) is 0.684. The Morgan fingerprint density at radius 3 is 2.92 bits per heavy atom. The van der Waals surface area contributed by atoms with Crippen LogP contribution in [0, 0.1) is 5.92 Å². The van der Waals surface area contributed by atoms with E-state index in [1.54, 1.807) is 12.4 Å². The van der Waals surface area contributed by atoms with Gasteiger partial charge in [0.2, 0.25) is 0 Å². The van der Waals surface area contributed by atoms with Gasteiger partial charge in [0.15, 0.2) is 0 Å². The van der Waals surface area contributed by atoms with E-state index in [4.69, 9.17) is 16.3 Å². The van der Waals surface area contributed by atoms with Crippen molar-refractivity contribution in [1.29, 1.82) is 0 Å². The van der Waals surface area contributed by atoms with Crippen LogP contribution in [0.4, 0.5) is 0 Å². The normalized spacial score (nSPS) is 19.4. The van der Waals surface area contributed by atoms with Crippen molar-refractivity contribution in [3.63, 3.8) is 0 Å². The topological polar surface area (TPSA) is 66.4 Å². The molecule has 25 heavy (non-hydrogen) atoms. The number of hydrogen-bond acceptors (Lipinski definition) is 5. The highest BCUT2D eigenvalue weighted by atomic mass is 35.5. The summed E-state index contributed by atoms with van der Waals surface area (Å²) in [5, 5.41) is 17.1. The lowest BCUT2D eigenvalue weighted by atomic mass is 10.1. The minimum Gasteiger partial charge on any atom is -0.489 e. The van der Waals surface area contributed by atoms with Crippen molar-refractivity contribution >= 4 is 24.0 Å². The van der Waals surface area contributed by atoms with Crippen LogP contribution in [-0.4, -0.2) is 35.8 Å². The Hall–Kier alpha value is -1.37. The van der Waals surface area contributed by atoms with E-state index in [1.807, 2.05) is 30.3 Å². The molecule has 1 saturated heterocycles. The van der Waals surface area contributed by atoms with Crippen LogP contribution >= 0.6 is 24.0 Å². The molecule has 3 rings (SSSR count). The smallest absolute Gasteiger partial charge is 0.124 e. The van der Waals surface area contributed by atoms with Crippen molar-refractivity contribution in [2.24, 2.45) is 5.92 Å². The molecule has 2 aromatic rings. The fraction of sp³-hybridized carbons (Fsp3) is 0.389. The number of halogens is 2. The minimum absolute atomic E-state index is 0. The van der Waals surface area contributed by atoms with Crippen LogP contribution in [0.15, 0.2) is 42.7 Å². The monoisotopic (exact) mass is 383 g/mol. The summed E-state index contributed by atoms with van der Waals surface area (Å²) in [5.74, 6) is 1.05. The van der Waals surface area contributed by atoms with Crippen molar-refractivity contribution in [2.45, 2.75) is 19.3 Å². The molecule has 0 aliphatic carbocycles. The van der Waals surface area contributed by atoms with Gasteiger partial charge in [-0.3, -0.25) is 4.98 Å². The third kappa shape index (κ3) is 5.83. The molecule has 1 aliphatic heterocycles. The molecule has 7 heteroatoms. The first kappa shape index (κ1) is 19.9. The Bertz CT molecular complexity index is 658. The second-order valence-corrected chi connectivity index (χ2v) is 6.46. The second-order valence-electron chi connectivity index (χ2n) is 6.02. The van der Waals surface area contributed by atoms with E-state index in [2.05, 4.69) is 15.6 Å². The maximum atomic E-state index is 9.84. The third-order valence-corrected chi connectivity index (χ3v) is 4.40. The summed E-state index contributed by atoms with van der Waals surface area (Å²) in [7, 11) is 0. The number of benzene rings is 1. The summed E-state index contributed by atoms with van der Waals surface area (Å²) in [4.78, 5) is 4.09. The number of aliphatic hydroxyl groups excluding tert-OH is 1. The van der Waals surface area contributed by atoms with E-state index >= 15 is 0 Å². The Labute approximate surface area is 159 Å². The zero-order valence-corrected chi connectivity index (χ0v) is 15.4. The van der Waals surface area contributed by atoms with Crippen molar-refractivity contribution in [2.75, 3.05) is 19.6 Å². The van der Waals surface area contributed by atoms with Gasteiger partial charge >= 0.3 is 0 Å². The number of aromatic nitrogens is 1. The number of ether oxygens (including phenoxy) is 1. The van der Waals surface area contributed by atoms with Gasteiger partial charge in [0.25, 0.3) is 0 Å². The molecule has 0 saturated carbocycles. The predicted molar refractivity (Wildman–Crippen MR) is 101 cm³/mol. The SMILES string of the molecule is Cl.OC1CNCC1CNCc1cc(Cl)ccc1OCc1cccnc1. The van der Waals surface area contributed by atoms with E-state index < -0.39 is 0 Å². The molecule has 1 aliphatic rings.